The van der Waals surface area contributed by atoms with Crippen LogP contribution in [-0.2, 0) is 14.3 Å². The Labute approximate surface area is 182 Å². The predicted molar refractivity (Wildman–Crippen MR) is 111 cm³/mol. The van der Waals surface area contributed by atoms with Crippen molar-refractivity contribution < 1.29 is 23.9 Å². The summed E-state index contributed by atoms with van der Waals surface area (Å²) in [6.45, 7) is 1.41. The van der Waals surface area contributed by atoms with Gasteiger partial charge in [0.15, 0.2) is 6.61 Å². The summed E-state index contributed by atoms with van der Waals surface area (Å²) in [5.41, 5.74) is 0.583. The molecule has 29 heavy (non-hydrogen) atoms. The molecule has 0 radical (unpaired) electrons. The Kier molecular flexibility index (Phi) is 8.57. The minimum absolute atomic E-state index is 0.182. The zero-order valence-electron chi connectivity index (χ0n) is 15.3. The lowest BCUT2D eigenvalue weighted by atomic mass is 10.2. The maximum Gasteiger partial charge on any atom is 0.325 e. The van der Waals surface area contributed by atoms with E-state index in [-0.39, 0.29) is 20.8 Å². The molecule has 0 aromatic heterocycles. The number of amides is 2. The van der Waals surface area contributed by atoms with E-state index in [1.807, 2.05) is 6.92 Å². The highest BCUT2D eigenvalue weighted by Crippen LogP contribution is 2.32. The van der Waals surface area contributed by atoms with Crippen molar-refractivity contribution in [2.75, 3.05) is 25.1 Å². The molecule has 2 N–H and O–H groups in total. The van der Waals surface area contributed by atoms with Crippen LogP contribution in [0, 0.1) is 0 Å². The molecular weight excluding hydrogens is 443 g/mol. The number of hydrogen-bond acceptors (Lipinski definition) is 5. The zero-order valence-corrected chi connectivity index (χ0v) is 17.5. The average molecular weight is 460 g/mol. The van der Waals surface area contributed by atoms with Gasteiger partial charge in [0.2, 0.25) is 0 Å². The molecule has 0 heterocycles. The highest BCUT2D eigenvalue weighted by Gasteiger charge is 2.13. The Hall–Kier alpha value is -2.48. The van der Waals surface area contributed by atoms with Crippen LogP contribution in [0.25, 0.3) is 0 Å². The predicted octanol–water partition coefficient (Wildman–Crippen LogP) is 3.96. The third-order valence-corrected chi connectivity index (χ3v) is 4.50. The molecule has 0 saturated carbocycles. The molecule has 0 aliphatic heterocycles. The number of anilines is 1. The summed E-state index contributed by atoms with van der Waals surface area (Å²) in [5, 5.41) is 5.49. The summed E-state index contributed by atoms with van der Waals surface area (Å²) in [6.07, 6.45) is 0. The van der Waals surface area contributed by atoms with Crippen LogP contribution in [-0.4, -0.2) is 37.5 Å². The van der Waals surface area contributed by atoms with Gasteiger partial charge in [0.25, 0.3) is 11.8 Å². The van der Waals surface area contributed by atoms with Crippen LogP contribution in [0.2, 0.25) is 15.1 Å². The SMILES string of the molecule is CCOc1ccc(C(=O)NCC(=O)OCC(=O)Nc2cc(Cl)c(Cl)cc2Cl)cc1. The van der Waals surface area contributed by atoms with Crippen LogP contribution in [0.5, 0.6) is 5.75 Å². The molecule has 0 spiro atoms. The summed E-state index contributed by atoms with van der Waals surface area (Å²) in [4.78, 5) is 35.6. The lowest BCUT2D eigenvalue weighted by Gasteiger charge is -2.10. The number of carbonyl (C=O) groups excluding carboxylic acids is 3. The lowest BCUT2D eigenvalue weighted by molar-refractivity contribution is -0.146. The van der Waals surface area contributed by atoms with Gasteiger partial charge in [0.1, 0.15) is 12.3 Å². The second-order valence-corrected chi connectivity index (χ2v) is 6.82. The second kappa shape index (κ2) is 10.9. The zero-order chi connectivity index (χ0) is 21.4. The first kappa shape index (κ1) is 22.8. The molecule has 0 atom stereocenters. The van der Waals surface area contributed by atoms with E-state index in [2.05, 4.69) is 10.6 Å². The van der Waals surface area contributed by atoms with Crippen molar-refractivity contribution >= 4 is 58.3 Å². The minimum atomic E-state index is -0.778. The molecule has 7 nitrogen and oxygen atoms in total. The summed E-state index contributed by atoms with van der Waals surface area (Å²) >= 11 is 17.6. The molecular formula is C19H17Cl3N2O5. The first-order chi connectivity index (χ1) is 13.8. The van der Waals surface area contributed by atoms with Gasteiger partial charge in [0.05, 0.1) is 27.4 Å². The van der Waals surface area contributed by atoms with E-state index >= 15 is 0 Å². The highest BCUT2D eigenvalue weighted by molar-refractivity contribution is 6.44. The van der Waals surface area contributed by atoms with Crippen LogP contribution < -0.4 is 15.4 Å². The smallest absolute Gasteiger partial charge is 0.325 e. The fourth-order valence-corrected chi connectivity index (χ4v) is 2.72. The van der Waals surface area contributed by atoms with Crippen LogP contribution in [0.4, 0.5) is 5.69 Å². The van der Waals surface area contributed by atoms with E-state index in [0.29, 0.717) is 17.9 Å². The summed E-state index contributed by atoms with van der Waals surface area (Å²) in [5.74, 6) is -1.23. The van der Waals surface area contributed by atoms with E-state index < -0.39 is 30.9 Å². The molecule has 154 valence electrons. The Morgan fingerprint density at radius 1 is 0.966 bits per heavy atom. The first-order valence-corrected chi connectivity index (χ1v) is 9.54. The standard InChI is InChI=1S/C19H17Cl3N2O5/c1-2-28-12-5-3-11(4-6-12)19(27)23-9-18(26)29-10-17(25)24-16-8-14(21)13(20)7-15(16)22/h3-8H,2,9-10H2,1H3,(H,23,27)(H,24,25). The molecule has 0 fully saturated rings. The van der Waals surface area contributed by atoms with Gasteiger partial charge < -0.3 is 20.1 Å². The average Bonchev–Trinajstić information content (AvgIpc) is 2.69. The summed E-state index contributed by atoms with van der Waals surface area (Å²) in [7, 11) is 0. The molecule has 0 unspecified atom stereocenters. The Bertz CT molecular complexity index is 903. The molecule has 0 aliphatic carbocycles. The Balaban J connectivity index is 1.77. The van der Waals surface area contributed by atoms with E-state index in [9.17, 15) is 14.4 Å². The number of hydrogen-bond donors (Lipinski definition) is 2. The topological polar surface area (TPSA) is 93.7 Å². The summed E-state index contributed by atoms with van der Waals surface area (Å²) in [6, 6.07) is 9.19. The lowest BCUT2D eigenvalue weighted by Crippen LogP contribution is -2.32. The molecule has 0 aliphatic rings. The number of benzene rings is 2. The third kappa shape index (κ3) is 7.12. The van der Waals surface area contributed by atoms with Gasteiger partial charge in [0, 0.05) is 5.56 Å². The number of esters is 1. The molecule has 10 heteroatoms. The van der Waals surface area contributed by atoms with Crippen molar-refractivity contribution in [3.05, 3.63) is 57.0 Å². The maximum atomic E-state index is 12.0. The van der Waals surface area contributed by atoms with Gasteiger partial charge in [-0.1, -0.05) is 34.8 Å². The van der Waals surface area contributed by atoms with E-state index in [1.165, 1.54) is 12.1 Å². The molecule has 2 aromatic carbocycles. The number of ether oxygens (including phenoxy) is 2. The van der Waals surface area contributed by atoms with Crippen LogP contribution in [0.3, 0.4) is 0 Å². The van der Waals surface area contributed by atoms with Crippen molar-refractivity contribution in [2.24, 2.45) is 0 Å². The monoisotopic (exact) mass is 458 g/mol. The van der Waals surface area contributed by atoms with Crippen LogP contribution >= 0.6 is 34.8 Å². The van der Waals surface area contributed by atoms with Crippen molar-refractivity contribution in [1.82, 2.24) is 5.32 Å². The van der Waals surface area contributed by atoms with E-state index in [0.717, 1.165) is 0 Å². The van der Waals surface area contributed by atoms with Crippen molar-refractivity contribution in [1.29, 1.82) is 0 Å². The summed E-state index contributed by atoms with van der Waals surface area (Å²) < 4.78 is 10.1. The quantitative estimate of drug-likeness (QED) is 0.460. The first-order valence-electron chi connectivity index (χ1n) is 8.41. The third-order valence-electron chi connectivity index (χ3n) is 3.47. The fraction of sp³-hybridized carbons (Fsp3) is 0.211. The Morgan fingerprint density at radius 3 is 2.28 bits per heavy atom. The number of carbonyl (C=O) groups is 3. The molecule has 0 saturated heterocycles. The molecule has 2 aromatic rings. The minimum Gasteiger partial charge on any atom is -0.494 e. The van der Waals surface area contributed by atoms with Gasteiger partial charge in [-0.2, -0.15) is 0 Å². The number of halogens is 3. The van der Waals surface area contributed by atoms with Crippen LogP contribution in [0.15, 0.2) is 36.4 Å². The van der Waals surface area contributed by atoms with Gasteiger partial charge in [-0.05, 0) is 43.3 Å². The number of nitrogens with one attached hydrogen (secondary N) is 2. The fourth-order valence-electron chi connectivity index (χ4n) is 2.13. The van der Waals surface area contributed by atoms with Crippen molar-refractivity contribution in [3.8, 4) is 5.75 Å². The molecule has 2 amide bonds. The Morgan fingerprint density at radius 2 is 1.62 bits per heavy atom. The largest absolute Gasteiger partial charge is 0.494 e. The van der Waals surface area contributed by atoms with E-state index in [1.54, 1.807) is 24.3 Å². The van der Waals surface area contributed by atoms with Gasteiger partial charge in [-0.15, -0.1) is 0 Å². The van der Waals surface area contributed by atoms with Crippen molar-refractivity contribution in [3.63, 3.8) is 0 Å². The van der Waals surface area contributed by atoms with Gasteiger partial charge in [-0.25, -0.2) is 0 Å². The number of rotatable bonds is 8. The van der Waals surface area contributed by atoms with Gasteiger partial charge >= 0.3 is 5.97 Å². The second-order valence-electron chi connectivity index (χ2n) is 5.60. The molecule has 2 rings (SSSR count). The van der Waals surface area contributed by atoms with Crippen molar-refractivity contribution in [2.45, 2.75) is 6.92 Å². The van der Waals surface area contributed by atoms with Crippen LogP contribution in [0.1, 0.15) is 17.3 Å². The maximum absolute atomic E-state index is 12.0. The van der Waals surface area contributed by atoms with E-state index in [4.69, 9.17) is 44.3 Å². The normalized spacial score (nSPS) is 10.2. The van der Waals surface area contributed by atoms with Gasteiger partial charge in [-0.3, -0.25) is 14.4 Å². The molecule has 0 bridgehead atoms. The highest BCUT2D eigenvalue weighted by atomic mass is 35.5.